The summed E-state index contributed by atoms with van der Waals surface area (Å²) in [5, 5.41) is 11.6. The molecule has 0 aliphatic carbocycles. The fourth-order valence-corrected chi connectivity index (χ4v) is 8.59. The molecule has 7 aromatic rings. The van der Waals surface area contributed by atoms with Gasteiger partial charge in [-0.3, -0.25) is 34.0 Å². The number of halogens is 3. The van der Waals surface area contributed by atoms with Crippen molar-refractivity contribution in [1.82, 2.24) is 30.2 Å². The number of carbonyl (C=O) groups is 3. The molecule has 4 N–H and O–H groups in total. The number of primary amides is 1. The SMILES string of the molecule is C[C@@H]1CN(CCCONC(=O)c2cc(-c3ccc(F)cc3)ccn2)C[C@H](C)O1.N#Cc1cccc(OCCOc2c(-c3ccc(F)cc3)ccnc2C(N)=O)c1.O=C(Nc1ccc(F)cc1)c1ccc(OCCCN2CCOCC2)cn1. The molecule has 3 amide bonds. The van der Waals surface area contributed by atoms with Crippen molar-refractivity contribution in [3.63, 3.8) is 0 Å². The number of nitrogens with one attached hydrogen (secondary N) is 2. The maximum absolute atomic E-state index is 13.2. The number of benzene rings is 4. The van der Waals surface area contributed by atoms with Crippen LogP contribution < -0.4 is 30.7 Å². The summed E-state index contributed by atoms with van der Waals surface area (Å²) in [6.07, 6.45) is 6.74. The second-order valence-electron chi connectivity index (χ2n) is 18.8. The summed E-state index contributed by atoms with van der Waals surface area (Å²) in [5.41, 5.74) is 12.2. The van der Waals surface area contributed by atoms with Crippen LogP contribution in [0.15, 0.2) is 146 Å². The van der Waals surface area contributed by atoms with E-state index < -0.39 is 11.8 Å². The molecule has 0 bridgehead atoms. The average Bonchev–Trinajstić information content (AvgIpc) is 3.54. The average molecular weight is 1120 g/mol. The Labute approximate surface area is 473 Å². The van der Waals surface area contributed by atoms with Crippen LogP contribution in [0.2, 0.25) is 0 Å². The number of nitriles is 1. The van der Waals surface area contributed by atoms with Gasteiger partial charge in [0.05, 0.1) is 56.5 Å². The van der Waals surface area contributed by atoms with E-state index in [1.54, 1.807) is 85.1 Å². The Bertz CT molecular complexity index is 3180. The number of amides is 3. The molecule has 0 saturated carbocycles. The molecule has 2 fully saturated rings. The van der Waals surface area contributed by atoms with Crippen LogP contribution in [0.3, 0.4) is 0 Å². The molecule has 0 radical (unpaired) electrons. The zero-order chi connectivity index (χ0) is 58.1. The second kappa shape index (κ2) is 31.9. The van der Waals surface area contributed by atoms with Crippen LogP contribution in [0.4, 0.5) is 18.9 Å². The van der Waals surface area contributed by atoms with E-state index in [-0.39, 0.29) is 71.6 Å². The largest absolute Gasteiger partial charge is 0.492 e. The molecule has 21 heteroatoms. The maximum atomic E-state index is 13.2. The lowest BCUT2D eigenvalue weighted by Crippen LogP contribution is -2.45. The molecule has 5 heterocycles. The molecular formula is C61H64F3N9O9. The normalized spacial score (nSPS) is 15.0. The van der Waals surface area contributed by atoms with Crippen molar-refractivity contribution >= 4 is 23.4 Å². The van der Waals surface area contributed by atoms with Gasteiger partial charge < -0.3 is 34.7 Å². The molecule has 2 aliphatic rings. The molecule has 0 spiro atoms. The molecule has 82 heavy (non-hydrogen) atoms. The first-order valence-corrected chi connectivity index (χ1v) is 26.6. The minimum absolute atomic E-state index is 0.0201. The monoisotopic (exact) mass is 1120 g/mol. The van der Waals surface area contributed by atoms with Gasteiger partial charge in [0.1, 0.15) is 53.6 Å². The Morgan fingerprint density at radius 2 is 1.29 bits per heavy atom. The number of aromatic nitrogens is 3. The van der Waals surface area contributed by atoms with E-state index in [0.717, 1.165) is 76.5 Å². The van der Waals surface area contributed by atoms with E-state index in [1.165, 1.54) is 60.9 Å². The van der Waals surface area contributed by atoms with Crippen LogP contribution in [0.25, 0.3) is 22.3 Å². The fourth-order valence-electron chi connectivity index (χ4n) is 8.59. The molecule has 18 nitrogen and oxygen atoms in total. The maximum Gasteiger partial charge on any atom is 0.293 e. The first-order chi connectivity index (χ1) is 39.8. The van der Waals surface area contributed by atoms with Crippen molar-refractivity contribution in [2.45, 2.75) is 38.9 Å². The standard InChI is InChI=1S/C21H26FN3O3.C21H16FN3O3.C19H22FN3O3/c1-15-13-25(14-16(2)28-15)10-3-11-27-24-21(26)20-12-18(8-9-23-20)17-4-6-19(22)7-5-17;22-16-6-4-15(5-7-16)18-8-9-25-19(21(24)26)20(18)28-11-10-27-17-3-1-2-14(12-17)13-23;20-15-2-4-16(5-3-15)22-19(24)18-7-6-17(14-21-18)26-11-1-8-23-9-12-25-13-10-23/h4-9,12,15-16H,3,10-11,13-14H2,1-2H3,(H,24,26);1-9,12H,10-11H2,(H2,24,26);2-7,14H,1,8-13H2,(H,22,24)/t15-,16+;;. The number of pyridine rings is 3. The minimum Gasteiger partial charge on any atom is -0.492 e. The molecule has 0 unspecified atom stereocenters. The van der Waals surface area contributed by atoms with Crippen LogP contribution in [-0.2, 0) is 14.3 Å². The summed E-state index contributed by atoms with van der Waals surface area (Å²) < 4.78 is 67.2. The summed E-state index contributed by atoms with van der Waals surface area (Å²) in [7, 11) is 0. The number of morpholine rings is 2. The Morgan fingerprint density at radius 1 is 0.659 bits per heavy atom. The van der Waals surface area contributed by atoms with Gasteiger partial charge >= 0.3 is 0 Å². The predicted molar refractivity (Wildman–Crippen MR) is 300 cm³/mol. The topological polar surface area (TPSA) is 226 Å². The predicted octanol–water partition coefficient (Wildman–Crippen LogP) is 8.94. The van der Waals surface area contributed by atoms with Crippen LogP contribution in [-0.4, -0.2) is 134 Å². The molecule has 2 aliphatic heterocycles. The number of hydroxylamine groups is 1. The highest BCUT2D eigenvalue weighted by Crippen LogP contribution is 2.32. The van der Waals surface area contributed by atoms with Gasteiger partial charge in [-0.25, -0.2) is 28.6 Å². The molecule has 4 aromatic carbocycles. The van der Waals surface area contributed by atoms with Crippen LogP contribution in [0.1, 0.15) is 63.7 Å². The Balaban J connectivity index is 0.000000177. The summed E-state index contributed by atoms with van der Waals surface area (Å²) in [6.45, 7) is 12.7. The highest BCUT2D eigenvalue weighted by atomic mass is 19.1. The number of anilines is 1. The lowest BCUT2D eigenvalue weighted by molar-refractivity contribution is -0.0701. The third kappa shape index (κ3) is 19.8. The number of hydrogen-bond acceptors (Lipinski definition) is 15. The zero-order valence-electron chi connectivity index (χ0n) is 45.5. The van der Waals surface area contributed by atoms with Gasteiger partial charge in [-0.15, -0.1) is 0 Å². The third-order valence-corrected chi connectivity index (χ3v) is 12.5. The number of hydrogen-bond donors (Lipinski definition) is 3. The first kappa shape index (κ1) is 60.9. The summed E-state index contributed by atoms with van der Waals surface area (Å²) in [4.78, 5) is 58.3. The van der Waals surface area contributed by atoms with Gasteiger partial charge in [-0.2, -0.15) is 5.26 Å². The second-order valence-corrected chi connectivity index (χ2v) is 18.8. The van der Waals surface area contributed by atoms with E-state index in [2.05, 4.69) is 49.4 Å². The van der Waals surface area contributed by atoms with E-state index in [0.29, 0.717) is 47.1 Å². The van der Waals surface area contributed by atoms with Gasteiger partial charge in [0.15, 0.2) is 11.4 Å². The Hall–Kier alpha value is -8.78. The highest BCUT2D eigenvalue weighted by Gasteiger charge is 2.22. The molecular weight excluding hydrogens is 1060 g/mol. The van der Waals surface area contributed by atoms with E-state index in [4.69, 9.17) is 39.5 Å². The van der Waals surface area contributed by atoms with E-state index in [1.807, 2.05) is 6.07 Å². The van der Waals surface area contributed by atoms with Crippen molar-refractivity contribution in [2.75, 3.05) is 84.2 Å². The van der Waals surface area contributed by atoms with Crippen LogP contribution >= 0.6 is 0 Å². The number of ether oxygens (including phenoxy) is 5. The number of rotatable bonds is 21. The lowest BCUT2D eigenvalue weighted by atomic mass is 10.0. The molecule has 2 saturated heterocycles. The van der Waals surface area contributed by atoms with Crippen LogP contribution in [0, 0.1) is 28.8 Å². The van der Waals surface area contributed by atoms with E-state index in [9.17, 15) is 27.6 Å². The first-order valence-electron chi connectivity index (χ1n) is 26.6. The van der Waals surface area contributed by atoms with Crippen molar-refractivity contribution in [1.29, 1.82) is 5.26 Å². The quantitative estimate of drug-likeness (QED) is 0.0451. The van der Waals surface area contributed by atoms with Gasteiger partial charge in [-0.05, 0) is 140 Å². The van der Waals surface area contributed by atoms with Crippen molar-refractivity contribution < 1.29 is 56.1 Å². The number of nitrogens with two attached hydrogens (primary N) is 1. The van der Waals surface area contributed by atoms with Crippen LogP contribution in [0.5, 0.6) is 17.2 Å². The molecule has 428 valence electrons. The van der Waals surface area contributed by atoms with Gasteiger partial charge in [0.2, 0.25) is 0 Å². The van der Waals surface area contributed by atoms with Gasteiger partial charge in [-0.1, -0.05) is 30.3 Å². The summed E-state index contributed by atoms with van der Waals surface area (Å²) >= 11 is 0. The highest BCUT2D eigenvalue weighted by molar-refractivity contribution is 6.02. The zero-order valence-corrected chi connectivity index (χ0v) is 45.5. The Kier molecular flexibility index (Phi) is 23.6. The summed E-state index contributed by atoms with van der Waals surface area (Å²) in [5.74, 6) is -1.15. The van der Waals surface area contributed by atoms with Crippen molar-refractivity contribution in [2.24, 2.45) is 5.73 Å². The third-order valence-electron chi connectivity index (χ3n) is 12.5. The smallest absolute Gasteiger partial charge is 0.293 e. The van der Waals surface area contributed by atoms with Crippen molar-refractivity contribution in [3.8, 4) is 45.6 Å². The molecule has 9 rings (SSSR count). The lowest BCUT2D eigenvalue weighted by Gasteiger charge is -2.35. The number of carbonyl (C=O) groups excluding carboxylic acids is 3. The van der Waals surface area contributed by atoms with E-state index >= 15 is 0 Å². The van der Waals surface area contributed by atoms with Crippen molar-refractivity contribution in [3.05, 3.63) is 186 Å². The van der Waals surface area contributed by atoms with Gasteiger partial charge in [0, 0.05) is 62.9 Å². The van der Waals surface area contributed by atoms with Gasteiger partial charge in [0.25, 0.3) is 17.7 Å². The summed E-state index contributed by atoms with van der Waals surface area (Å²) in [6, 6.07) is 34.6. The Morgan fingerprint density at radius 3 is 1.96 bits per heavy atom. The minimum atomic E-state index is -0.735. The molecule has 3 aromatic heterocycles. The fraction of sp³-hybridized carbons (Fsp3) is 0.295. The molecule has 2 atom stereocenters. The number of nitrogens with zero attached hydrogens (tertiary/aromatic N) is 6.